The van der Waals surface area contributed by atoms with Crippen LogP contribution in [0.25, 0.3) is 0 Å². The summed E-state index contributed by atoms with van der Waals surface area (Å²) in [6, 6.07) is 8.33. The van der Waals surface area contributed by atoms with E-state index >= 15 is 0 Å². The molecule has 2 rings (SSSR count). The number of benzene rings is 1. The fraction of sp³-hybridized carbons (Fsp3) is 0.579. The lowest BCUT2D eigenvalue weighted by Gasteiger charge is -2.28. The number of amides is 1. The first-order valence-electron chi connectivity index (χ1n) is 9.27. The normalized spacial score (nSPS) is 18.6. The molecule has 7 heteroatoms. The molecule has 0 aromatic heterocycles. The molecule has 6 nitrogen and oxygen atoms in total. The van der Waals surface area contributed by atoms with Crippen LogP contribution in [0.3, 0.4) is 0 Å². The number of ether oxygens (including phenoxy) is 1. The summed E-state index contributed by atoms with van der Waals surface area (Å²) in [4.78, 5) is 26.8. The van der Waals surface area contributed by atoms with E-state index < -0.39 is 19.4 Å². The molecule has 0 saturated carbocycles. The number of hydrogen-bond acceptors (Lipinski definition) is 4. The second-order valence-electron chi connectivity index (χ2n) is 6.66. The summed E-state index contributed by atoms with van der Waals surface area (Å²) < 4.78 is 18.0. The summed E-state index contributed by atoms with van der Waals surface area (Å²) in [5, 5.41) is 3.00. The average Bonchev–Trinajstić information content (AvgIpc) is 3.16. The molecule has 144 valence electrons. The summed E-state index contributed by atoms with van der Waals surface area (Å²) >= 11 is 0. The van der Waals surface area contributed by atoms with E-state index in [4.69, 9.17) is 4.74 Å². The molecule has 1 aromatic carbocycles. The van der Waals surface area contributed by atoms with E-state index in [0.29, 0.717) is 25.3 Å². The Morgan fingerprint density at radius 3 is 2.54 bits per heavy atom. The molecule has 0 unspecified atom stereocenters. The Morgan fingerprint density at radius 2 is 1.92 bits per heavy atom. The maximum Gasteiger partial charge on any atom is 0.329 e. The van der Waals surface area contributed by atoms with Crippen molar-refractivity contribution in [1.82, 2.24) is 9.99 Å². The molecule has 1 N–H and O–H groups in total. The van der Waals surface area contributed by atoms with Crippen LogP contribution >= 0.6 is 7.29 Å². The summed E-state index contributed by atoms with van der Waals surface area (Å²) in [6.07, 6.45) is 2.38. The third-order valence-corrected chi connectivity index (χ3v) is 7.75. The van der Waals surface area contributed by atoms with Gasteiger partial charge in [-0.25, -0.2) is 4.79 Å². The molecule has 1 amide bonds. The van der Waals surface area contributed by atoms with Crippen LogP contribution in [0.5, 0.6) is 0 Å². The molecule has 1 saturated heterocycles. The number of nitrogens with zero attached hydrogens (tertiary/aromatic N) is 1. The summed E-state index contributed by atoms with van der Waals surface area (Å²) in [5.41, 5.74) is 0.915. The second-order valence-corrected chi connectivity index (χ2v) is 9.96. The van der Waals surface area contributed by atoms with Crippen LogP contribution in [0.2, 0.25) is 0 Å². The number of likely N-dealkylation sites (tertiary alicyclic amines) is 1. The van der Waals surface area contributed by atoms with E-state index in [1.807, 2.05) is 44.2 Å². The zero-order valence-electron chi connectivity index (χ0n) is 15.8. The third kappa shape index (κ3) is 5.18. The number of carbonyl (C=O) groups is 2. The predicted octanol–water partition coefficient (Wildman–Crippen LogP) is 3.02. The van der Waals surface area contributed by atoms with Crippen molar-refractivity contribution in [3.8, 4) is 0 Å². The minimum Gasteiger partial charge on any atom is -0.459 e. The van der Waals surface area contributed by atoms with Crippen molar-refractivity contribution in [2.45, 2.75) is 52.3 Å². The Hall–Kier alpha value is -1.65. The number of rotatable bonds is 8. The molecule has 0 spiro atoms. The van der Waals surface area contributed by atoms with E-state index in [1.54, 1.807) is 11.8 Å². The summed E-state index contributed by atoms with van der Waals surface area (Å²) in [6.45, 7) is 6.15. The van der Waals surface area contributed by atoms with Gasteiger partial charge in [-0.2, -0.15) is 0 Å². The molecular weight excluding hydrogens is 351 g/mol. The van der Waals surface area contributed by atoms with Gasteiger partial charge < -0.3 is 14.2 Å². The topological polar surface area (TPSA) is 75.7 Å². The number of esters is 1. The molecule has 2 atom stereocenters. The van der Waals surface area contributed by atoms with Crippen molar-refractivity contribution < 1.29 is 18.9 Å². The zero-order valence-corrected chi connectivity index (χ0v) is 16.7. The van der Waals surface area contributed by atoms with Gasteiger partial charge in [0.25, 0.3) is 0 Å². The Bertz CT molecular complexity index is 657. The van der Waals surface area contributed by atoms with Gasteiger partial charge in [-0.15, -0.1) is 0 Å². The minimum atomic E-state index is -2.54. The van der Waals surface area contributed by atoms with Crippen molar-refractivity contribution in [2.75, 3.05) is 18.9 Å². The highest BCUT2D eigenvalue weighted by atomic mass is 31.2. The van der Waals surface area contributed by atoms with Gasteiger partial charge >= 0.3 is 5.97 Å². The Morgan fingerprint density at radius 1 is 1.27 bits per heavy atom. The fourth-order valence-electron chi connectivity index (χ4n) is 3.16. The molecule has 0 radical (unpaired) electrons. The van der Waals surface area contributed by atoms with E-state index in [1.165, 1.54) is 0 Å². The van der Waals surface area contributed by atoms with Crippen molar-refractivity contribution in [3.05, 3.63) is 35.9 Å². The highest BCUT2D eigenvalue weighted by Gasteiger charge is 2.38. The van der Waals surface area contributed by atoms with Gasteiger partial charge in [-0.3, -0.25) is 9.88 Å². The molecule has 1 aromatic rings. The number of hydrogen-bond donors (Lipinski definition) is 1. The van der Waals surface area contributed by atoms with Crippen LogP contribution in [0.1, 0.15) is 39.2 Å². The quantitative estimate of drug-likeness (QED) is 0.554. The lowest BCUT2D eigenvalue weighted by molar-refractivity contribution is -0.154. The van der Waals surface area contributed by atoms with Crippen molar-refractivity contribution >= 4 is 19.2 Å². The number of nitrogens with one attached hydrogen (secondary N) is 1. The van der Waals surface area contributed by atoms with Gasteiger partial charge in [-0.1, -0.05) is 44.2 Å². The summed E-state index contributed by atoms with van der Waals surface area (Å²) in [7, 11) is -2.54. The Labute approximate surface area is 155 Å². The average molecular weight is 380 g/mol. The van der Waals surface area contributed by atoms with Gasteiger partial charge in [0.15, 0.2) is 0 Å². The van der Waals surface area contributed by atoms with Crippen LogP contribution in [-0.2, 0) is 25.5 Å². The van der Waals surface area contributed by atoms with Crippen molar-refractivity contribution in [1.29, 1.82) is 0 Å². The first kappa shape index (κ1) is 20.7. The molecule has 1 heterocycles. The second kappa shape index (κ2) is 9.33. The predicted molar refractivity (Wildman–Crippen MR) is 102 cm³/mol. The van der Waals surface area contributed by atoms with Crippen LogP contribution in [0.4, 0.5) is 0 Å². The molecule has 26 heavy (non-hydrogen) atoms. The Balaban J connectivity index is 1.96. The lowest BCUT2D eigenvalue weighted by atomic mass is 10.2. The first-order chi connectivity index (χ1) is 12.4. The highest BCUT2D eigenvalue weighted by Crippen LogP contribution is 2.40. The number of carbonyl (C=O) groups excluding carboxylic acids is 2. The van der Waals surface area contributed by atoms with Gasteiger partial charge in [0.1, 0.15) is 19.9 Å². The minimum absolute atomic E-state index is 0.189. The van der Waals surface area contributed by atoms with E-state index in [0.717, 1.165) is 12.0 Å². The Kier molecular flexibility index (Phi) is 7.42. The monoisotopic (exact) mass is 380 g/mol. The lowest BCUT2D eigenvalue weighted by Crippen LogP contribution is -2.49. The fourth-order valence-corrected chi connectivity index (χ4v) is 4.79. The highest BCUT2D eigenvalue weighted by molar-refractivity contribution is 7.61. The molecular formula is C19H29N2O4P. The zero-order chi connectivity index (χ0) is 19.2. The molecule has 0 aliphatic carbocycles. The van der Waals surface area contributed by atoms with Gasteiger partial charge in [0, 0.05) is 18.9 Å². The smallest absolute Gasteiger partial charge is 0.329 e. The molecule has 1 aliphatic rings. The van der Waals surface area contributed by atoms with Gasteiger partial charge in [0.05, 0.1) is 6.04 Å². The van der Waals surface area contributed by atoms with Gasteiger partial charge in [-0.05, 0) is 25.3 Å². The maximum atomic E-state index is 12.8. The van der Waals surface area contributed by atoms with E-state index in [2.05, 4.69) is 5.09 Å². The molecule has 1 aliphatic heterocycles. The third-order valence-electron chi connectivity index (χ3n) is 4.85. The molecule has 0 bridgehead atoms. The van der Waals surface area contributed by atoms with E-state index in [-0.39, 0.29) is 18.5 Å². The SMILES string of the molecule is CCP(=O)(CC)N[C@@H](C)C(=O)N1CCC[C@H]1C(=O)OCc1ccccc1. The van der Waals surface area contributed by atoms with Crippen LogP contribution < -0.4 is 5.09 Å². The largest absolute Gasteiger partial charge is 0.459 e. The van der Waals surface area contributed by atoms with Crippen molar-refractivity contribution in [2.24, 2.45) is 0 Å². The first-order valence-corrected chi connectivity index (χ1v) is 11.3. The van der Waals surface area contributed by atoms with Crippen LogP contribution in [-0.4, -0.2) is 47.7 Å². The molecule has 1 fully saturated rings. The van der Waals surface area contributed by atoms with Crippen LogP contribution in [0, 0.1) is 0 Å². The van der Waals surface area contributed by atoms with Crippen molar-refractivity contribution in [3.63, 3.8) is 0 Å². The summed E-state index contributed by atoms with van der Waals surface area (Å²) in [5.74, 6) is -0.563. The standard InChI is InChI=1S/C19H29N2O4P/c1-4-26(24,5-2)20-15(3)18(22)21-13-9-12-17(21)19(23)25-14-16-10-7-6-8-11-16/h6-8,10-11,15,17H,4-5,9,12-14H2,1-3H3,(H,20,24)/t15-,17-/m0/s1. The van der Waals surface area contributed by atoms with Crippen LogP contribution in [0.15, 0.2) is 30.3 Å². The maximum absolute atomic E-state index is 12.8. The van der Waals surface area contributed by atoms with E-state index in [9.17, 15) is 14.2 Å². The van der Waals surface area contributed by atoms with Gasteiger partial charge in [0.2, 0.25) is 5.91 Å².